The highest BCUT2D eigenvalue weighted by Gasteiger charge is 2.19. The van der Waals surface area contributed by atoms with Crippen molar-refractivity contribution in [2.24, 2.45) is 11.7 Å². The van der Waals surface area contributed by atoms with Gasteiger partial charge in [0.05, 0.1) is 6.04 Å². The Labute approximate surface area is 89.9 Å². The van der Waals surface area contributed by atoms with Crippen LogP contribution in [0.15, 0.2) is 24.5 Å². The minimum absolute atomic E-state index is 0.143. The Kier molecular flexibility index (Phi) is 4.24. The van der Waals surface area contributed by atoms with E-state index >= 15 is 0 Å². The number of anilines is 1. The normalized spacial score (nSPS) is 14.3. The fourth-order valence-electron chi connectivity index (χ4n) is 1.17. The van der Waals surface area contributed by atoms with E-state index in [0.29, 0.717) is 0 Å². The van der Waals surface area contributed by atoms with Crippen LogP contribution in [-0.2, 0) is 4.79 Å². The molecule has 0 bridgehead atoms. The number of pyridine rings is 1. The summed E-state index contributed by atoms with van der Waals surface area (Å²) in [6.45, 7) is 3.99. The average molecular weight is 207 g/mol. The molecule has 0 aromatic carbocycles. The van der Waals surface area contributed by atoms with E-state index in [1.165, 1.54) is 0 Å². The first-order valence-corrected chi connectivity index (χ1v) is 5.11. The molecule has 2 atom stereocenters. The van der Waals surface area contributed by atoms with Gasteiger partial charge in [0.2, 0.25) is 5.91 Å². The topological polar surface area (TPSA) is 68.0 Å². The summed E-state index contributed by atoms with van der Waals surface area (Å²) in [6.07, 6.45) is 4.15. The molecular formula is C11H17N3O. The van der Waals surface area contributed by atoms with Crippen LogP contribution in [0, 0.1) is 5.92 Å². The van der Waals surface area contributed by atoms with Gasteiger partial charge in [-0.15, -0.1) is 0 Å². The lowest BCUT2D eigenvalue weighted by Crippen LogP contribution is -2.40. The van der Waals surface area contributed by atoms with Crippen molar-refractivity contribution in [3.8, 4) is 0 Å². The standard InChI is InChI=1S/C11H17N3O/c1-3-8(2)10(12)11(15)14-9-4-6-13-7-5-9/h4-8,10H,3,12H2,1-2H3,(H,13,14,15). The molecule has 0 spiro atoms. The van der Waals surface area contributed by atoms with Crippen molar-refractivity contribution in [3.05, 3.63) is 24.5 Å². The van der Waals surface area contributed by atoms with Crippen LogP contribution < -0.4 is 11.1 Å². The number of nitrogens with one attached hydrogen (secondary N) is 1. The Hall–Kier alpha value is -1.42. The predicted molar refractivity (Wildman–Crippen MR) is 60.3 cm³/mol. The molecule has 0 saturated heterocycles. The van der Waals surface area contributed by atoms with E-state index in [1.54, 1.807) is 24.5 Å². The Morgan fingerprint density at radius 1 is 1.53 bits per heavy atom. The van der Waals surface area contributed by atoms with Crippen molar-refractivity contribution in [1.82, 2.24) is 4.98 Å². The van der Waals surface area contributed by atoms with E-state index in [-0.39, 0.29) is 11.8 Å². The minimum atomic E-state index is -0.455. The molecule has 1 heterocycles. The third-order valence-corrected chi connectivity index (χ3v) is 2.51. The molecule has 0 aliphatic carbocycles. The summed E-state index contributed by atoms with van der Waals surface area (Å²) in [5, 5.41) is 2.75. The lowest BCUT2D eigenvalue weighted by atomic mass is 9.99. The summed E-state index contributed by atoms with van der Waals surface area (Å²) >= 11 is 0. The van der Waals surface area contributed by atoms with E-state index in [2.05, 4.69) is 10.3 Å². The molecule has 0 aliphatic heterocycles. The van der Waals surface area contributed by atoms with Gasteiger partial charge >= 0.3 is 0 Å². The third kappa shape index (κ3) is 3.32. The van der Waals surface area contributed by atoms with Crippen molar-refractivity contribution in [2.75, 3.05) is 5.32 Å². The number of rotatable bonds is 4. The molecule has 4 nitrogen and oxygen atoms in total. The summed E-state index contributed by atoms with van der Waals surface area (Å²) in [5.41, 5.74) is 6.52. The van der Waals surface area contributed by atoms with E-state index < -0.39 is 6.04 Å². The van der Waals surface area contributed by atoms with Crippen LogP contribution in [0.1, 0.15) is 20.3 Å². The zero-order valence-corrected chi connectivity index (χ0v) is 9.10. The lowest BCUT2D eigenvalue weighted by Gasteiger charge is -2.17. The van der Waals surface area contributed by atoms with Gasteiger partial charge in [-0.3, -0.25) is 9.78 Å². The molecule has 2 unspecified atom stereocenters. The Morgan fingerprint density at radius 2 is 2.13 bits per heavy atom. The summed E-state index contributed by atoms with van der Waals surface area (Å²) in [4.78, 5) is 15.5. The fourth-order valence-corrected chi connectivity index (χ4v) is 1.17. The van der Waals surface area contributed by atoms with Gasteiger partial charge in [0, 0.05) is 18.1 Å². The number of aromatic nitrogens is 1. The second-order valence-electron chi connectivity index (χ2n) is 3.64. The van der Waals surface area contributed by atoms with Gasteiger partial charge in [-0.25, -0.2) is 0 Å². The van der Waals surface area contributed by atoms with Crippen LogP contribution in [-0.4, -0.2) is 16.9 Å². The van der Waals surface area contributed by atoms with Crippen molar-refractivity contribution >= 4 is 11.6 Å². The first kappa shape index (κ1) is 11.7. The molecule has 0 saturated carbocycles. The predicted octanol–water partition coefficient (Wildman–Crippen LogP) is 1.39. The highest BCUT2D eigenvalue weighted by Crippen LogP contribution is 2.09. The molecule has 1 aromatic heterocycles. The number of nitrogens with two attached hydrogens (primary N) is 1. The van der Waals surface area contributed by atoms with Crippen molar-refractivity contribution in [2.45, 2.75) is 26.3 Å². The molecule has 1 aromatic rings. The van der Waals surface area contributed by atoms with E-state index in [9.17, 15) is 4.79 Å². The zero-order valence-electron chi connectivity index (χ0n) is 9.10. The summed E-state index contributed by atoms with van der Waals surface area (Å²) < 4.78 is 0. The molecule has 0 radical (unpaired) electrons. The number of carbonyl (C=O) groups excluding carboxylic acids is 1. The molecule has 0 aliphatic rings. The van der Waals surface area contributed by atoms with Crippen LogP contribution in [0.2, 0.25) is 0 Å². The number of amides is 1. The summed E-state index contributed by atoms with van der Waals surface area (Å²) in [5.74, 6) is 0.0439. The van der Waals surface area contributed by atoms with Crippen LogP contribution in [0.25, 0.3) is 0 Å². The van der Waals surface area contributed by atoms with Gasteiger partial charge in [-0.2, -0.15) is 0 Å². The first-order valence-electron chi connectivity index (χ1n) is 5.11. The van der Waals surface area contributed by atoms with E-state index in [1.807, 2.05) is 13.8 Å². The molecule has 1 rings (SSSR count). The fraction of sp³-hybridized carbons (Fsp3) is 0.455. The van der Waals surface area contributed by atoms with Gasteiger partial charge in [0.25, 0.3) is 0 Å². The van der Waals surface area contributed by atoms with E-state index in [4.69, 9.17) is 5.73 Å². The molecular weight excluding hydrogens is 190 g/mol. The highest BCUT2D eigenvalue weighted by molar-refractivity contribution is 5.94. The largest absolute Gasteiger partial charge is 0.325 e. The highest BCUT2D eigenvalue weighted by atomic mass is 16.2. The Morgan fingerprint density at radius 3 is 2.67 bits per heavy atom. The molecule has 15 heavy (non-hydrogen) atoms. The van der Waals surface area contributed by atoms with Crippen LogP contribution in [0.4, 0.5) is 5.69 Å². The van der Waals surface area contributed by atoms with Gasteiger partial charge < -0.3 is 11.1 Å². The second kappa shape index (κ2) is 5.46. The number of nitrogens with zero attached hydrogens (tertiary/aromatic N) is 1. The monoisotopic (exact) mass is 207 g/mol. The Balaban J connectivity index is 2.56. The van der Waals surface area contributed by atoms with Gasteiger partial charge in [0.1, 0.15) is 0 Å². The maximum absolute atomic E-state index is 11.7. The molecule has 4 heteroatoms. The van der Waals surface area contributed by atoms with Gasteiger partial charge in [0.15, 0.2) is 0 Å². The second-order valence-corrected chi connectivity index (χ2v) is 3.64. The zero-order chi connectivity index (χ0) is 11.3. The third-order valence-electron chi connectivity index (χ3n) is 2.51. The SMILES string of the molecule is CCC(C)C(N)C(=O)Nc1ccncc1. The minimum Gasteiger partial charge on any atom is -0.325 e. The maximum Gasteiger partial charge on any atom is 0.241 e. The maximum atomic E-state index is 11.7. The van der Waals surface area contributed by atoms with Gasteiger partial charge in [-0.1, -0.05) is 20.3 Å². The van der Waals surface area contributed by atoms with Crippen molar-refractivity contribution in [1.29, 1.82) is 0 Å². The quantitative estimate of drug-likeness (QED) is 0.784. The molecule has 0 fully saturated rings. The number of carbonyl (C=O) groups is 1. The van der Waals surface area contributed by atoms with Crippen LogP contribution in [0.5, 0.6) is 0 Å². The summed E-state index contributed by atoms with van der Waals surface area (Å²) in [7, 11) is 0. The summed E-state index contributed by atoms with van der Waals surface area (Å²) in [6, 6.07) is 3.02. The van der Waals surface area contributed by atoms with Crippen molar-refractivity contribution < 1.29 is 4.79 Å². The number of hydrogen-bond acceptors (Lipinski definition) is 3. The molecule has 82 valence electrons. The average Bonchev–Trinajstić information content (AvgIpc) is 2.28. The van der Waals surface area contributed by atoms with Gasteiger partial charge in [-0.05, 0) is 18.1 Å². The lowest BCUT2D eigenvalue weighted by molar-refractivity contribution is -0.118. The number of hydrogen-bond donors (Lipinski definition) is 2. The Bertz CT molecular complexity index is 313. The first-order chi connectivity index (χ1) is 7.15. The van der Waals surface area contributed by atoms with Crippen LogP contribution in [0.3, 0.4) is 0 Å². The smallest absolute Gasteiger partial charge is 0.241 e. The molecule has 1 amide bonds. The van der Waals surface area contributed by atoms with Crippen LogP contribution >= 0.6 is 0 Å². The van der Waals surface area contributed by atoms with E-state index in [0.717, 1.165) is 12.1 Å². The van der Waals surface area contributed by atoms with Crippen molar-refractivity contribution in [3.63, 3.8) is 0 Å². The molecule has 3 N–H and O–H groups in total.